The van der Waals surface area contributed by atoms with Crippen LogP contribution in [0.2, 0.25) is 0 Å². The van der Waals surface area contributed by atoms with Gasteiger partial charge >= 0.3 is 0 Å². The lowest BCUT2D eigenvalue weighted by Gasteiger charge is -2.08. The zero-order chi connectivity index (χ0) is 14.5. The average Bonchev–Trinajstić information content (AvgIpc) is 2.48. The van der Waals surface area contributed by atoms with Gasteiger partial charge in [-0.05, 0) is 42.5 Å². The predicted molar refractivity (Wildman–Crippen MR) is 71.8 cm³/mol. The second kappa shape index (κ2) is 6.28. The van der Waals surface area contributed by atoms with Crippen LogP contribution >= 0.6 is 0 Å². The Morgan fingerprint density at radius 1 is 1.10 bits per heavy atom. The fraction of sp³-hybridized carbons (Fsp3) is 0.188. The van der Waals surface area contributed by atoms with E-state index >= 15 is 0 Å². The van der Waals surface area contributed by atoms with Crippen molar-refractivity contribution in [2.75, 3.05) is 0 Å². The van der Waals surface area contributed by atoms with Gasteiger partial charge in [0.1, 0.15) is 24.0 Å². The van der Waals surface area contributed by atoms with Crippen molar-refractivity contribution in [2.45, 2.75) is 20.0 Å². The molecular weight excluding hydrogens is 262 g/mol. The van der Waals surface area contributed by atoms with Gasteiger partial charge in [-0.1, -0.05) is 6.92 Å². The second-order valence-corrected chi connectivity index (χ2v) is 4.33. The van der Waals surface area contributed by atoms with E-state index in [1.165, 1.54) is 0 Å². The Bertz CT molecular complexity index is 606. The summed E-state index contributed by atoms with van der Waals surface area (Å²) in [6.07, 6.45) is 0.439. The summed E-state index contributed by atoms with van der Waals surface area (Å²) in [5, 5.41) is 0. The van der Waals surface area contributed by atoms with Crippen LogP contribution in [0.25, 0.3) is 0 Å². The molecule has 0 aliphatic heterocycles. The van der Waals surface area contributed by atoms with E-state index in [4.69, 9.17) is 4.74 Å². The molecule has 0 unspecified atom stereocenters. The summed E-state index contributed by atoms with van der Waals surface area (Å²) in [4.78, 5) is 11.5. The van der Waals surface area contributed by atoms with Gasteiger partial charge in [0.25, 0.3) is 0 Å². The fourth-order valence-corrected chi connectivity index (χ4v) is 1.76. The summed E-state index contributed by atoms with van der Waals surface area (Å²) < 4.78 is 31.8. The zero-order valence-corrected chi connectivity index (χ0v) is 11.0. The number of halogens is 2. The Kier molecular flexibility index (Phi) is 4.45. The van der Waals surface area contributed by atoms with Crippen LogP contribution in [-0.4, -0.2) is 5.78 Å². The van der Waals surface area contributed by atoms with E-state index in [0.29, 0.717) is 17.7 Å². The third-order valence-electron chi connectivity index (χ3n) is 2.90. The summed E-state index contributed by atoms with van der Waals surface area (Å²) >= 11 is 0. The smallest absolute Gasteiger partial charge is 0.162 e. The van der Waals surface area contributed by atoms with Crippen LogP contribution in [0.1, 0.15) is 29.3 Å². The number of ketones is 1. The molecule has 0 fully saturated rings. The Hall–Kier alpha value is -2.23. The minimum absolute atomic E-state index is 0.0488. The molecule has 0 radical (unpaired) electrons. The SMILES string of the molecule is CCC(=O)c1ccc(OCc2cc(F)ccc2F)cc1. The van der Waals surface area contributed by atoms with Crippen molar-refractivity contribution < 1.29 is 18.3 Å². The minimum atomic E-state index is -0.510. The van der Waals surface area contributed by atoms with E-state index in [2.05, 4.69) is 0 Å². The summed E-state index contributed by atoms with van der Waals surface area (Å²) in [7, 11) is 0. The average molecular weight is 276 g/mol. The molecule has 0 amide bonds. The van der Waals surface area contributed by atoms with Gasteiger partial charge in [-0.3, -0.25) is 4.79 Å². The molecule has 0 saturated carbocycles. The maximum absolute atomic E-state index is 13.4. The van der Waals surface area contributed by atoms with Crippen molar-refractivity contribution in [3.05, 3.63) is 65.2 Å². The van der Waals surface area contributed by atoms with E-state index in [1.54, 1.807) is 31.2 Å². The van der Waals surface area contributed by atoms with Crippen LogP contribution in [0, 0.1) is 11.6 Å². The van der Waals surface area contributed by atoms with Gasteiger partial charge in [0.2, 0.25) is 0 Å². The summed E-state index contributed by atoms with van der Waals surface area (Å²) in [5.41, 5.74) is 0.760. The number of benzene rings is 2. The first-order valence-corrected chi connectivity index (χ1v) is 6.30. The Labute approximate surface area is 116 Å². The number of ether oxygens (including phenoxy) is 1. The van der Waals surface area contributed by atoms with Gasteiger partial charge in [-0.2, -0.15) is 0 Å². The van der Waals surface area contributed by atoms with Crippen molar-refractivity contribution in [3.63, 3.8) is 0 Å². The monoisotopic (exact) mass is 276 g/mol. The van der Waals surface area contributed by atoms with Crippen molar-refractivity contribution >= 4 is 5.78 Å². The Morgan fingerprint density at radius 3 is 2.45 bits per heavy atom. The van der Waals surface area contributed by atoms with Gasteiger partial charge in [0.05, 0.1) is 0 Å². The molecule has 0 aromatic heterocycles. The summed E-state index contributed by atoms with van der Waals surface area (Å²) in [6, 6.07) is 9.82. The Morgan fingerprint density at radius 2 is 1.80 bits per heavy atom. The van der Waals surface area contributed by atoms with Gasteiger partial charge in [0.15, 0.2) is 5.78 Å². The lowest BCUT2D eigenvalue weighted by molar-refractivity contribution is 0.0988. The van der Waals surface area contributed by atoms with E-state index in [-0.39, 0.29) is 18.0 Å². The van der Waals surface area contributed by atoms with Crippen LogP contribution < -0.4 is 4.74 Å². The normalized spacial score (nSPS) is 10.3. The molecule has 0 heterocycles. The molecule has 0 aliphatic rings. The topological polar surface area (TPSA) is 26.3 Å². The molecule has 2 nitrogen and oxygen atoms in total. The largest absolute Gasteiger partial charge is 0.489 e. The molecule has 0 saturated heterocycles. The standard InChI is InChI=1S/C16H14F2O2/c1-2-16(19)11-3-6-14(7-4-11)20-10-12-9-13(17)5-8-15(12)18/h3-9H,2,10H2,1H3. The van der Waals surface area contributed by atoms with Gasteiger partial charge in [0, 0.05) is 17.5 Å². The quantitative estimate of drug-likeness (QED) is 0.767. The first-order valence-electron chi connectivity index (χ1n) is 6.30. The van der Waals surface area contributed by atoms with Crippen molar-refractivity contribution in [3.8, 4) is 5.75 Å². The van der Waals surface area contributed by atoms with Gasteiger partial charge < -0.3 is 4.74 Å². The van der Waals surface area contributed by atoms with Gasteiger partial charge in [-0.15, -0.1) is 0 Å². The highest BCUT2D eigenvalue weighted by molar-refractivity contribution is 5.95. The van der Waals surface area contributed by atoms with E-state index in [9.17, 15) is 13.6 Å². The molecule has 0 aliphatic carbocycles. The van der Waals surface area contributed by atoms with E-state index < -0.39 is 11.6 Å². The van der Waals surface area contributed by atoms with Crippen LogP contribution in [-0.2, 0) is 6.61 Å². The maximum Gasteiger partial charge on any atom is 0.162 e. The van der Waals surface area contributed by atoms with Crippen LogP contribution in [0.4, 0.5) is 8.78 Å². The number of carbonyl (C=O) groups excluding carboxylic acids is 1. The lowest BCUT2D eigenvalue weighted by Crippen LogP contribution is -2.00. The van der Waals surface area contributed by atoms with Crippen molar-refractivity contribution in [1.82, 2.24) is 0 Å². The molecule has 20 heavy (non-hydrogen) atoms. The molecule has 0 spiro atoms. The van der Waals surface area contributed by atoms with Crippen LogP contribution in [0.5, 0.6) is 5.75 Å². The van der Waals surface area contributed by atoms with E-state index in [1.807, 2.05) is 0 Å². The molecule has 2 aromatic carbocycles. The highest BCUT2D eigenvalue weighted by Gasteiger charge is 2.06. The fourth-order valence-electron chi connectivity index (χ4n) is 1.76. The number of Topliss-reactive ketones (excluding diaryl/α,β-unsaturated/α-hetero) is 1. The minimum Gasteiger partial charge on any atom is -0.489 e. The first kappa shape index (κ1) is 14.2. The molecular formula is C16H14F2O2. The zero-order valence-electron chi connectivity index (χ0n) is 11.0. The molecule has 104 valence electrons. The molecule has 0 N–H and O–H groups in total. The summed E-state index contributed by atoms with van der Waals surface area (Å²) in [6.45, 7) is 1.73. The summed E-state index contributed by atoms with van der Waals surface area (Å²) in [5.74, 6) is -0.466. The number of hydrogen-bond acceptors (Lipinski definition) is 2. The number of hydrogen-bond donors (Lipinski definition) is 0. The Balaban J connectivity index is 2.04. The molecule has 2 aromatic rings. The lowest BCUT2D eigenvalue weighted by atomic mass is 10.1. The third kappa shape index (κ3) is 3.41. The predicted octanol–water partition coefficient (Wildman–Crippen LogP) is 4.14. The van der Waals surface area contributed by atoms with E-state index in [0.717, 1.165) is 18.2 Å². The maximum atomic E-state index is 13.4. The highest BCUT2D eigenvalue weighted by Crippen LogP contribution is 2.17. The number of carbonyl (C=O) groups is 1. The molecule has 0 bridgehead atoms. The first-order chi connectivity index (χ1) is 9.60. The van der Waals surface area contributed by atoms with Gasteiger partial charge in [-0.25, -0.2) is 8.78 Å². The highest BCUT2D eigenvalue weighted by atomic mass is 19.1. The molecule has 4 heteroatoms. The van der Waals surface area contributed by atoms with Crippen molar-refractivity contribution in [1.29, 1.82) is 0 Å². The van der Waals surface area contributed by atoms with Crippen LogP contribution in [0.15, 0.2) is 42.5 Å². The number of rotatable bonds is 5. The third-order valence-corrected chi connectivity index (χ3v) is 2.90. The molecule has 2 rings (SSSR count). The van der Waals surface area contributed by atoms with Crippen molar-refractivity contribution in [2.24, 2.45) is 0 Å². The van der Waals surface area contributed by atoms with Crippen LogP contribution in [0.3, 0.4) is 0 Å². The molecule has 0 atom stereocenters. The second-order valence-electron chi connectivity index (χ2n) is 4.33.